The Bertz CT molecular complexity index is 225. The fraction of sp³-hybridized carbons (Fsp3) is 0.875. The third kappa shape index (κ3) is 13.4. The molecule has 20 heavy (non-hydrogen) atoms. The van der Waals surface area contributed by atoms with E-state index >= 15 is 0 Å². The molecule has 0 aromatic heterocycles. The van der Waals surface area contributed by atoms with Crippen LogP contribution in [0.1, 0.15) is 77.6 Å². The van der Waals surface area contributed by atoms with Crippen molar-refractivity contribution in [2.75, 3.05) is 13.7 Å². The maximum Gasteiger partial charge on any atom is 0.305 e. The van der Waals surface area contributed by atoms with Crippen LogP contribution in [0.25, 0.3) is 0 Å². The SMILES string of the molecule is CCC(=O)OCCCCCCCCCCCC(=O)OC. The molecule has 4 heteroatoms. The van der Waals surface area contributed by atoms with Gasteiger partial charge in [0.25, 0.3) is 0 Å². The van der Waals surface area contributed by atoms with Crippen molar-refractivity contribution in [2.24, 2.45) is 0 Å². The summed E-state index contributed by atoms with van der Waals surface area (Å²) >= 11 is 0. The van der Waals surface area contributed by atoms with Crippen molar-refractivity contribution >= 4 is 11.9 Å². The Hall–Kier alpha value is -1.06. The topological polar surface area (TPSA) is 52.6 Å². The van der Waals surface area contributed by atoms with Crippen molar-refractivity contribution in [1.82, 2.24) is 0 Å². The van der Waals surface area contributed by atoms with Gasteiger partial charge < -0.3 is 9.47 Å². The highest BCUT2D eigenvalue weighted by Gasteiger charge is 1.99. The Morgan fingerprint density at radius 1 is 0.750 bits per heavy atom. The van der Waals surface area contributed by atoms with Crippen LogP contribution in [0.2, 0.25) is 0 Å². The number of rotatable bonds is 13. The second-order valence-electron chi connectivity index (χ2n) is 5.08. The van der Waals surface area contributed by atoms with Crippen LogP contribution in [0.4, 0.5) is 0 Å². The molecule has 0 heterocycles. The van der Waals surface area contributed by atoms with E-state index in [0.717, 1.165) is 25.7 Å². The highest BCUT2D eigenvalue weighted by Crippen LogP contribution is 2.10. The number of methoxy groups -OCH3 is 1. The zero-order chi connectivity index (χ0) is 15.1. The van der Waals surface area contributed by atoms with E-state index in [1.807, 2.05) is 6.92 Å². The summed E-state index contributed by atoms with van der Waals surface area (Å²) in [6, 6.07) is 0. The zero-order valence-corrected chi connectivity index (χ0v) is 13.1. The molecule has 0 saturated carbocycles. The molecule has 0 saturated heterocycles. The molecule has 0 aromatic carbocycles. The molecule has 118 valence electrons. The van der Waals surface area contributed by atoms with Gasteiger partial charge in [-0.2, -0.15) is 0 Å². The number of esters is 2. The summed E-state index contributed by atoms with van der Waals surface area (Å²) in [6.07, 6.45) is 11.3. The van der Waals surface area contributed by atoms with E-state index in [1.165, 1.54) is 39.2 Å². The molecule has 0 unspecified atom stereocenters. The number of unbranched alkanes of at least 4 members (excludes halogenated alkanes) is 8. The van der Waals surface area contributed by atoms with Crippen LogP contribution in [0.5, 0.6) is 0 Å². The molecule has 0 radical (unpaired) electrons. The van der Waals surface area contributed by atoms with Crippen LogP contribution in [-0.2, 0) is 19.1 Å². The second kappa shape index (κ2) is 14.4. The second-order valence-corrected chi connectivity index (χ2v) is 5.08. The van der Waals surface area contributed by atoms with E-state index in [-0.39, 0.29) is 11.9 Å². The molecule has 0 aromatic rings. The van der Waals surface area contributed by atoms with Gasteiger partial charge in [-0.3, -0.25) is 9.59 Å². The number of carbonyl (C=O) groups is 2. The smallest absolute Gasteiger partial charge is 0.305 e. The average molecular weight is 286 g/mol. The van der Waals surface area contributed by atoms with Crippen LogP contribution < -0.4 is 0 Å². The maximum absolute atomic E-state index is 10.9. The lowest BCUT2D eigenvalue weighted by molar-refractivity contribution is -0.143. The largest absolute Gasteiger partial charge is 0.469 e. The quantitative estimate of drug-likeness (QED) is 0.379. The van der Waals surface area contributed by atoms with Gasteiger partial charge in [0.05, 0.1) is 13.7 Å². The highest BCUT2D eigenvalue weighted by atomic mass is 16.5. The molecule has 0 atom stereocenters. The van der Waals surface area contributed by atoms with Crippen molar-refractivity contribution in [3.63, 3.8) is 0 Å². The van der Waals surface area contributed by atoms with Gasteiger partial charge in [-0.15, -0.1) is 0 Å². The van der Waals surface area contributed by atoms with Gasteiger partial charge in [0.1, 0.15) is 0 Å². The molecule has 0 amide bonds. The summed E-state index contributed by atoms with van der Waals surface area (Å²) < 4.78 is 9.61. The Kier molecular flexibility index (Phi) is 13.6. The lowest BCUT2D eigenvalue weighted by Gasteiger charge is -2.04. The van der Waals surface area contributed by atoms with Crippen LogP contribution in [0, 0.1) is 0 Å². The lowest BCUT2D eigenvalue weighted by atomic mass is 10.1. The summed E-state index contributed by atoms with van der Waals surface area (Å²) in [7, 11) is 1.44. The van der Waals surface area contributed by atoms with Gasteiger partial charge in [0.2, 0.25) is 0 Å². The Balaban J connectivity index is 3.06. The Morgan fingerprint density at radius 3 is 1.75 bits per heavy atom. The van der Waals surface area contributed by atoms with E-state index in [0.29, 0.717) is 19.4 Å². The van der Waals surface area contributed by atoms with Gasteiger partial charge >= 0.3 is 11.9 Å². The third-order valence-corrected chi connectivity index (χ3v) is 3.30. The van der Waals surface area contributed by atoms with Crippen molar-refractivity contribution in [2.45, 2.75) is 77.6 Å². The summed E-state index contributed by atoms with van der Waals surface area (Å²) in [5.74, 6) is -0.203. The number of ether oxygens (including phenoxy) is 2. The Labute approximate surface area is 123 Å². The molecule has 0 aliphatic carbocycles. The molecule has 0 bridgehead atoms. The highest BCUT2D eigenvalue weighted by molar-refractivity contribution is 5.69. The summed E-state index contributed by atoms with van der Waals surface area (Å²) in [4.78, 5) is 21.8. The first kappa shape index (κ1) is 18.9. The molecule has 4 nitrogen and oxygen atoms in total. The number of carbonyl (C=O) groups excluding carboxylic acids is 2. The summed E-state index contributed by atoms with van der Waals surface area (Å²) in [5, 5.41) is 0. The van der Waals surface area contributed by atoms with Crippen LogP contribution >= 0.6 is 0 Å². The first-order valence-corrected chi connectivity index (χ1v) is 7.93. The van der Waals surface area contributed by atoms with Gasteiger partial charge in [-0.25, -0.2) is 0 Å². The molecule has 0 N–H and O–H groups in total. The first-order valence-electron chi connectivity index (χ1n) is 7.93. The minimum atomic E-state index is -0.103. The van der Waals surface area contributed by atoms with Crippen LogP contribution in [0.15, 0.2) is 0 Å². The lowest BCUT2D eigenvalue weighted by Crippen LogP contribution is -2.03. The fourth-order valence-corrected chi connectivity index (χ4v) is 2.00. The van der Waals surface area contributed by atoms with Gasteiger partial charge in [-0.1, -0.05) is 51.9 Å². The molecule has 0 fully saturated rings. The summed E-state index contributed by atoms with van der Waals surface area (Å²) in [6.45, 7) is 2.38. The van der Waals surface area contributed by atoms with Crippen LogP contribution in [-0.4, -0.2) is 25.7 Å². The molecular weight excluding hydrogens is 256 g/mol. The first-order chi connectivity index (χ1) is 9.70. The molecule has 0 spiro atoms. The predicted molar refractivity (Wildman–Crippen MR) is 79.4 cm³/mol. The van der Waals surface area contributed by atoms with Gasteiger partial charge in [0, 0.05) is 12.8 Å². The van der Waals surface area contributed by atoms with Crippen molar-refractivity contribution in [3.8, 4) is 0 Å². The van der Waals surface area contributed by atoms with Gasteiger partial charge in [0.15, 0.2) is 0 Å². The average Bonchev–Trinajstić information content (AvgIpc) is 2.47. The van der Waals surface area contributed by atoms with Crippen LogP contribution in [0.3, 0.4) is 0 Å². The maximum atomic E-state index is 10.9. The van der Waals surface area contributed by atoms with E-state index in [4.69, 9.17) is 4.74 Å². The van der Waals surface area contributed by atoms with E-state index in [1.54, 1.807) is 0 Å². The Morgan fingerprint density at radius 2 is 1.25 bits per heavy atom. The van der Waals surface area contributed by atoms with Gasteiger partial charge in [-0.05, 0) is 12.8 Å². The van der Waals surface area contributed by atoms with Crippen molar-refractivity contribution in [1.29, 1.82) is 0 Å². The van der Waals surface area contributed by atoms with E-state index in [2.05, 4.69) is 4.74 Å². The zero-order valence-electron chi connectivity index (χ0n) is 13.1. The molecular formula is C16H30O4. The number of hydrogen-bond acceptors (Lipinski definition) is 4. The summed E-state index contributed by atoms with van der Waals surface area (Å²) in [5.41, 5.74) is 0. The molecule has 0 aliphatic heterocycles. The van der Waals surface area contributed by atoms with E-state index < -0.39 is 0 Å². The fourth-order valence-electron chi connectivity index (χ4n) is 2.00. The van der Waals surface area contributed by atoms with Crippen molar-refractivity contribution < 1.29 is 19.1 Å². The minimum Gasteiger partial charge on any atom is -0.469 e. The number of hydrogen-bond donors (Lipinski definition) is 0. The normalized spacial score (nSPS) is 10.3. The third-order valence-electron chi connectivity index (χ3n) is 3.30. The molecule has 0 rings (SSSR count). The minimum absolute atomic E-state index is 0.100. The standard InChI is InChI=1S/C16H30O4/c1-3-15(17)20-14-12-10-8-6-4-5-7-9-11-13-16(18)19-2/h3-14H2,1-2H3. The predicted octanol–water partition coefficient (Wildman–Crippen LogP) is 4.01. The van der Waals surface area contributed by atoms with E-state index in [9.17, 15) is 9.59 Å². The monoisotopic (exact) mass is 286 g/mol. The molecule has 0 aliphatic rings. The van der Waals surface area contributed by atoms with Crippen molar-refractivity contribution in [3.05, 3.63) is 0 Å².